The van der Waals surface area contributed by atoms with Crippen molar-refractivity contribution in [2.45, 2.75) is 38.8 Å². The van der Waals surface area contributed by atoms with E-state index in [-0.39, 0.29) is 12.3 Å². The SMILES string of the molecule is Nc1ncnc2c1ncn2CCC(=O)Nc1nc2n(n1)CCCC2. The molecule has 24 heavy (non-hydrogen) atoms. The van der Waals surface area contributed by atoms with Crippen LogP contribution < -0.4 is 11.1 Å². The van der Waals surface area contributed by atoms with E-state index >= 15 is 0 Å². The van der Waals surface area contributed by atoms with Crippen LogP contribution in [-0.4, -0.2) is 40.2 Å². The van der Waals surface area contributed by atoms with E-state index in [0.29, 0.717) is 29.5 Å². The molecule has 0 saturated heterocycles. The minimum atomic E-state index is -0.151. The Morgan fingerprint density at radius 2 is 2.21 bits per heavy atom. The number of aryl methyl sites for hydroxylation is 3. The molecule has 4 heterocycles. The highest BCUT2D eigenvalue weighted by Crippen LogP contribution is 2.15. The quantitative estimate of drug-likeness (QED) is 0.708. The van der Waals surface area contributed by atoms with Gasteiger partial charge in [-0.3, -0.25) is 10.1 Å². The standard InChI is InChI=1S/C14H17N9O/c15-12-11-13(17-7-16-12)22(8-18-11)6-4-10(24)20-14-19-9-3-1-2-5-23(9)21-14/h7-8H,1-6H2,(H2,15,16,17)(H,20,21,24). The van der Waals surface area contributed by atoms with Gasteiger partial charge in [0.1, 0.15) is 17.7 Å². The van der Waals surface area contributed by atoms with Crippen molar-refractivity contribution in [2.24, 2.45) is 0 Å². The van der Waals surface area contributed by atoms with Crippen molar-refractivity contribution in [1.29, 1.82) is 0 Å². The molecule has 0 unspecified atom stereocenters. The molecule has 10 nitrogen and oxygen atoms in total. The molecular weight excluding hydrogens is 310 g/mol. The zero-order valence-electron chi connectivity index (χ0n) is 13.0. The predicted octanol–water partition coefficient (Wildman–Crippen LogP) is 0.365. The van der Waals surface area contributed by atoms with E-state index in [4.69, 9.17) is 5.73 Å². The number of nitrogen functional groups attached to an aromatic ring is 1. The van der Waals surface area contributed by atoms with Crippen LogP contribution in [-0.2, 0) is 24.3 Å². The Morgan fingerprint density at radius 1 is 1.29 bits per heavy atom. The number of rotatable bonds is 4. The molecule has 124 valence electrons. The first-order valence-electron chi connectivity index (χ1n) is 7.85. The molecule has 1 amide bonds. The number of nitrogens with zero attached hydrogens (tertiary/aromatic N) is 7. The van der Waals surface area contributed by atoms with Crippen LogP contribution in [0, 0.1) is 0 Å². The van der Waals surface area contributed by atoms with Crippen LogP contribution in [0.15, 0.2) is 12.7 Å². The first kappa shape index (κ1) is 14.5. The van der Waals surface area contributed by atoms with Crippen molar-refractivity contribution in [3.63, 3.8) is 0 Å². The first-order valence-corrected chi connectivity index (χ1v) is 7.85. The Morgan fingerprint density at radius 3 is 3.08 bits per heavy atom. The van der Waals surface area contributed by atoms with Crippen LogP contribution in [0.1, 0.15) is 25.1 Å². The third-order valence-electron chi connectivity index (χ3n) is 4.03. The van der Waals surface area contributed by atoms with Crippen LogP contribution in [0.4, 0.5) is 11.8 Å². The average molecular weight is 327 g/mol. The van der Waals surface area contributed by atoms with Gasteiger partial charge in [-0.1, -0.05) is 0 Å². The van der Waals surface area contributed by atoms with E-state index in [1.54, 1.807) is 10.9 Å². The Kier molecular flexibility index (Phi) is 3.56. The zero-order valence-corrected chi connectivity index (χ0v) is 13.0. The van der Waals surface area contributed by atoms with Gasteiger partial charge >= 0.3 is 0 Å². The molecule has 0 aromatic carbocycles. The fourth-order valence-electron chi connectivity index (χ4n) is 2.81. The maximum atomic E-state index is 12.1. The summed E-state index contributed by atoms with van der Waals surface area (Å²) in [6, 6.07) is 0. The normalized spacial score (nSPS) is 13.8. The van der Waals surface area contributed by atoms with Gasteiger partial charge in [-0.2, -0.15) is 4.98 Å². The molecule has 3 N–H and O–H groups in total. The monoisotopic (exact) mass is 327 g/mol. The van der Waals surface area contributed by atoms with Gasteiger partial charge < -0.3 is 10.3 Å². The molecule has 3 aromatic rings. The second-order valence-electron chi connectivity index (χ2n) is 5.70. The molecule has 10 heteroatoms. The summed E-state index contributed by atoms with van der Waals surface area (Å²) in [6.45, 7) is 1.30. The minimum absolute atomic E-state index is 0.151. The second-order valence-corrected chi connectivity index (χ2v) is 5.70. The summed E-state index contributed by atoms with van der Waals surface area (Å²) < 4.78 is 3.64. The van der Waals surface area contributed by atoms with Crippen molar-refractivity contribution in [3.8, 4) is 0 Å². The molecule has 0 radical (unpaired) electrons. The first-order chi connectivity index (χ1) is 11.7. The van der Waals surface area contributed by atoms with Crippen molar-refractivity contribution in [2.75, 3.05) is 11.1 Å². The molecule has 1 aliphatic rings. The molecule has 0 spiro atoms. The van der Waals surface area contributed by atoms with E-state index in [0.717, 1.165) is 31.6 Å². The van der Waals surface area contributed by atoms with E-state index in [2.05, 4.69) is 30.4 Å². The van der Waals surface area contributed by atoms with Crippen LogP contribution in [0.3, 0.4) is 0 Å². The zero-order chi connectivity index (χ0) is 16.5. The third-order valence-corrected chi connectivity index (χ3v) is 4.03. The molecule has 4 rings (SSSR count). The fourth-order valence-corrected chi connectivity index (χ4v) is 2.81. The van der Waals surface area contributed by atoms with Gasteiger partial charge in [0.05, 0.1) is 6.33 Å². The van der Waals surface area contributed by atoms with Crippen LogP contribution in [0.2, 0.25) is 0 Å². The number of nitrogens with one attached hydrogen (secondary N) is 1. The van der Waals surface area contributed by atoms with Gasteiger partial charge in [-0.15, -0.1) is 5.10 Å². The number of aromatic nitrogens is 7. The number of hydrogen-bond donors (Lipinski definition) is 2. The highest BCUT2D eigenvalue weighted by Gasteiger charge is 2.15. The number of anilines is 2. The summed E-state index contributed by atoms with van der Waals surface area (Å²) in [4.78, 5) is 28.7. The van der Waals surface area contributed by atoms with E-state index in [1.807, 2.05) is 4.68 Å². The summed E-state index contributed by atoms with van der Waals surface area (Å²) >= 11 is 0. The van der Waals surface area contributed by atoms with Crippen molar-refractivity contribution in [3.05, 3.63) is 18.5 Å². The number of fused-ring (bicyclic) bond motifs is 2. The van der Waals surface area contributed by atoms with Gasteiger partial charge in [-0.05, 0) is 12.8 Å². The van der Waals surface area contributed by atoms with Crippen molar-refractivity contribution < 1.29 is 4.79 Å². The number of carbonyl (C=O) groups excluding carboxylic acids is 1. The largest absolute Gasteiger partial charge is 0.382 e. The summed E-state index contributed by atoms with van der Waals surface area (Å²) in [6.07, 6.45) is 6.38. The van der Waals surface area contributed by atoms with Crippen LogP contribution in [0.5, 0.6) is 0 Å². The minimum Gasteiger partial charge on any atom is -0.382 e. The second kappa shape index (κ2) is 5.87. The Balaban J connectivity index is 1.41. The molecule has 3 aromatic heterocycles. The highest BCUT2D eigenvalue weighted by molar-refractivity contribution is 5.89. The molecule has 0 fully saturated rings. The van der Waals surface area contributed by atoms with Gasteiger partial charge in [0.25, 0.3) is 0 Å². The molecule has 1 aliphatic heterocycles. The maximum absolute atomic E-state index is 12.1. The van der Waals surface area contributed by atoms with E-state index < -0.39 is 0 Å². The molecule has 0 atom stereocenters. The average Bonchev–Trinajstić information content (AvgIpc) is 3.17. The Labute approximate surface area is 137 Å². The molecular formula is C14H17N9O. The number of carbonyl (C=O) groups is 1. The molecule has 0 aliphatic carbocycles. The summed E-state index contributed by atoms with van der Waals surface area (Å²) in [5, 5.41) is 7.06. The van der Waals surface area contributed by atoms with Gasteiger partial charge in [0, 0.05) is 25.9 Å². The lowest BCUT2D eigenvalue weighted by molar-refractivity contribution is -0.116. The topological polar surface area (TPSA) is 129 Å². The highest BCUT2D eigenvalue weighted by atomic mass is 16.1. The van der Waals surface area contributed by atoms with Crippen LogP contribution in [0.25, 0.3) is 11.2 Å². The van der Waals surface area contributed by atoms with Crippen molar-refractivity contribution >= 4 is 28.8 Å². The predicted molar refractivity (Wildman–Crippen MR) is 85.9 cm³/mol. The smallest absolute Gasteiger partial charge is 0.248 e. The van der Waals surface area contributed by atoms with Gasteiger partial charge in [0.15, 0.2) is 11.5 Å². The molecule has 0 bridgehead atoms. The number of hydrogen-bond acceptors (Lipinski definition) is 7. The lowest BCUT2D eigenvalue weighted by Crippen LogP contribution is -2.15. The number of amides is 1. The van der Waals surface area contributed by atoms with Gasteiger partial charge in [0.2, 0.25) is 11.9 Å². The Hall–Kier alpha value is -3.04. The van der Waals surface area contributed by atoms with E-state index in [1.165, 1.54) is 6.33 Å². The lowest BCUT2D eigenvalue weighted by Gasteiger charge is -2.09. The third kappa shape index (κ3) is 2.66. The van der Waals surface area contributed by atoms with Crippen molar-refractivity contribution in [1.82, 2.24) is 34.3 Å². The van der Waals surface area contributed by atoms with E-state index in [9.17, 15) is 4.79 Å². The Bertz CT molecular complexity index is 873. The van der Waals surface area contributed by atoms with Gasteiger partial charge in [-0.25, -0.2) is 19.6 Å². The molecule has 0 saturated carbocycles. The summed E-state index contributed by atoms with van der Waals surface area (Å²) in [5.41, 5.74) is 6.91. The summed E-state index contributed by atoms with van der Waals surface area (Å²) in [5.74, 6) is 1.49. The number of imidazole rings is 1. The number of nitrogens with two attached hydrogens (primary N) is 1. The summed E-state index contributed by atoms with van der Waals surface area (Å²) in [7, 11) is 0. The fraction of sp³-hybridized carbons (Fsp3) is 0.429. The lowest BCUT2D eigenvalue weighted by atomic mass is 10.2. The maximum Gasteiger partial charge on any atom is 0.248 e. The van der Waals surface area contributed by atoms with Crippen LogP contribution >= 0.6 is 0 Å².